The summed E-state index contributed by atoms with van der Waals surface area (Å²) in [6.45, 7) is 3.73. The highest BCUT2D eigenvalue weighted by atomic mass is 16.3. The van der Waals surface area contributed by atoms with Crippen molar-refractivity contribution in [3.05, 3.63) is 59.4 Å². The molecule has 20 heavy (non-hydrogen) atoms. The number of amides is 1. The van der Waals surface area contributed by atoms with Crippen molar-refractivity contribution in [1.29, 1.82) is 0 Å². The van der Waals surface area contributed by atoms with Crippen LogP contribution in [-0.4, -0.2) is 16.0 Å². The summed E-state index contributed by atoms with van der Waals surface area (Å²) in [5.41, 5.74) is 3.31. The van der Waals surface area contributed by atoms with Crippen LogP contribution in [0.25, 0.3) is 0 Å². The van der Waals surface area contributed by atoms with Gasteiger partial charge in [0, 0.05) is 11.8 Å². The lowest BCUT2D eigenvalue weighted by Crippen LogP contribution is -2.20. The summed E-state index contributed by atoms with van der Waals surface area (Å²) in [4.78, 5) is 16.2. The molecule has 1 aromatic heterocycles. The highest BCUT2D eigenvalue weighted by molar-refractivity contribution is 5.96. The van der Waals surface area contributed by atoms with Crippen molar-refractivity contribution >= 4 is 11.6 Å². The number of nitrogens with one attached hydrogen (secondary N) is 1. The third kappa shape index (κ3) is 3.22. The van der Waals surface area contributed by atoms with Gasteiger partial charge in [-0.25, -0.2) is 0 Å². The smallest absolute Gasteiger partial charge is 0.231 e. The minimum Gasteiger partial charge on any atom is -0.392 e. The fourth-order valence-electron chi connectivity index (χ4n) is 2.01. The largest absolute Gasteiger partial charge is 0.392 e. The average Bonchev–Trinajstić information content (AvgIpc) is 2.47. The van der Waals surface area contributed by atoms with E-state index in [0.29, 0.717) is 11.3 Å². The molecule has 2 N–H and O–H groups in total. The normalized spacial score (nSPS) is 11.9. The number of hydrogen-bond acceptors (Lipinski definition) is 3. The van der Waals surface area contributed by atoms with E-state index >= 15 is 0 Å². The number of aromatic nitrogens is 1. The van der Waals surface area contributed by atoms with Crippen LogP contribution in [0.4, 0.5) is 5.69 Å². The second kappa shape index (κ2) is 6.30. The standard InChI is InChI=1S/C16H18N2O2/c1-11-4-3-5-13(8-11)12(2)16(20)18-15-9-17-7-6-14(15)10-19/h3-9,12,19H,10H2,1-2H3,(H,18,20). The number of nitrogens with zero attached hydrogens (tertiary/aromatic N) is 1. The fraction of sp³-hybridized carbons (Fsp3) is 0.250. The fourth-order valence-corrected chi connectivity index (χ4v) is 2.01. The van der Waals surface area contributed by atoms with Gasteiger partial charge < -0.3 is 10.4 Å². The predicted molar refractivity (Wildman–Crippen MR) is 78.4 cm³/mol. The van der Waals surface area contributed by atoms with Gasteiger partial charge in [-0.05, 0) is 25.5 Å². The van der Waals surface area contributed by atoms with Gasteiger partial charge in [0.15, 0.2) is 0 Å². The summed E-state index contributed by atoms with van der Waals surface area (Å²) >= 11 is 0. The molecule has 0 saturated carbocycles. The molecule has 0 radical (unpaired) electrons. The summed E-state index contributed by atoms with van der Waals surface area (Å²) in [6.07, 6.45) is 3.14. The molecule has 0 bridgehead atoms. The van der Waals surface area contributed by atoms with E-state index in [1.54, 1.807) is 18.5 Å². The van der Waals surface area contributed by atoms with Gasteiger partial charge >= 0.3 is 0 Å². The molecule has 0 spiro atoms. The Hall–Kier alpha value is -2.20. The number of carbonyl (C=O) groups excluding carboxylic acids is 1. The second-order valence-corrected chi connectivity index (χ2v) is 4.82. The molecule has 1 unspecified atom stereocenters. The molecule has 0 aliphatic carbocycles. The Morgan fingerprint density at radius 2 is 2.20 bits per heavy atom. The zero-order chi connectivity index (χ0) is 14.5. The number of pyridine rings is 1. The van der Waals surface area contributed by atoms with Crippen LogP contribution in [0.15, 0.2) is 42.7 Å². The van der Waals surface area contributed by atoms with Gasteiger partial charge in [-0.15, -0.1) is 0 Å². The third-order valence-corrected chi connectivity index (χ3v) is 3.27. The number of aliphatic hydroxyl groups excluding tert-OH is 1. The highest BCUT2D eigenvalue weighted by Gasteiger charge is 2.16. The molecule has 0 aliphatic heterocycles. The summed E-state index contributed by atoms with van der Waals surface area (Å²) in [6, 6.07) is 9.57. The average molecular weight is 270 g/mol. The van der Waals surface area contributed by atoms with E-state index in [1.807, 2.05) is 38.1 Å². The van der Waals surface area contributed by atoms with Crippen LogP contribution in [0.1, 0.15) is 29.5 Å². The highest BCUT2D eigenvalue weighted by Crippen LogP contribution is 2.20. The first-order chi connectivity index (χ1) is 9.61. The molecular formula is C16H18N2O2. The first-order valence-electron chi connectivity index (χ1n) is 6.53. The zero-order valence-electron chi connectivity index (χ0n) is 11.6. The van der Waals surface area contributed by atoms with E-state index in [1.165, 1.54) is 0 Å². The zero-order valence-corrected chi connectivity index (χ0v) is 11.6. The van der Waals surface area contributed by atoms with Gasteiger partial charge in [0.1, 0.15) is 0 Å². The van der Waals surface area contributed by atoms with Gasteiger partial charge in [-0.1, -0.05) is 29.8 Å². The Morgan fingerprint density at radius 1 is 1.40 bits per heavy atom. The molecule has 0 saturated heterocycles. The molecule has 0 fully saturated rings. The van der Waals surface area contributed by atoms with E-state index in [-0.39, 0.29) is 18.4 Å². The lowest BCUT2D eigenvalue weighted by Gasteiger charge is -2.14. The molecule has 1 aromatic carbocycles. The Labute approximate surface area is 118 Å². The molecule has 1 amide bonds. The van der Waals surface area contributed by atoms with E-state index in [0.717, 1.165) is 11.1 Å². The second-order valence-electron chi connectivity index (χ2n) is 4.82. The minimum absolute atomic E-state index is 0.113. The van der Waals surface area contributed by atoms with Gasteiger partial charge in [-0.2, -0.15) is 0 Å². The first-order valence-corrected chi connectivity index (χ1v) is 6.53. The Morgan fingerprint density at radius 3 is 2.90 bits per heavy atom. The maximum absolute atomic E-state index is 12.3. The van der Waals surface area contributed by atoms with Crippen molar-refractivity contribution in [2.45, 2.75) is 26.4 Å². The molecule has 2 rings (SSSR count). The lowest BCUT2D eigenvalue weighted by molar-refractivity contribution is -0.117. The van der Waals surface area contributed by atoms with Crippen molar-refractivity contribution in [2.75, 3.05) is 5.32 Å². The third-order valence-electron chi connectivity index (χ3n) is 3.27. The summed E-state index contributed by atoms with van der Waals surface area (Å²) in [5.74, 6) is -0.375. The first kappa shape index (κ1) is 14.2. The van der Waals surface area contributed by atoms with E-state index in [9.17, 15) is 9.90 Å². The lowest BCUT2D eigenvalue weighted by atomic mass is 9.98. The minimum atomic E-state index is -0.262. The maximum atomic E-state index is 12.3. The number of hydrogen-bond donors (Lipinski definition) is 2. The molecule has 1 atom stereocenters. The molecule has 104 valence electrons. The summed E-state index contributed by atoms with van der Waals surface area (Å²) in [7, 11) is 0. The van der Waals surface area contributed by atoms with Crippen molar-refractivity contribution in [3.63, 3.8) is 0 Å². The number of benzene rings is 1. The van der Waals surface area contributed by atoms with Crippen LogP contribution in [0.2, 0.25) is 0 Å². The molecule has 4 heteroatoms. The van der Waals surface area contributed by atoms with Crippen molar-refractivity contribution in [2.24, 2.45) is 0 Å². The number of rotatable bonds is 4. The van der Waals surface area contributed by atoms with Crippen LogP contribution in [-0.2, 0) is 11.4 Å². The van der Waals surface area contributed by atoms with E-state index < -0.39 is 0 Å². The monoisotopic (exact) mass is 270 g/mol. The van der Waals surface area contributed by atoms with Crippen LogP contribution < -0.4 is 5.32 Å². The SMILES string of the molecule is Cc1cccc(C(C)C(=O)Nc2cnccc2CO)c1. The molecular weight excluding hydrogens is 252 g/mol. The number of aryl methyl sites for hydroxylation is 1. The van der Waals surface area contributed by atoms with Crippen LogP contribution in [0, 0.1) is 6.92 Å². The van der Waals surface area contributed by atoms with E-state index in [2.05, 4.69) is 10.3 Å². The summed E-state index contributed by atoms with van der Waals surface area (Å²) in [5, 5.41) is 12.1. The Balaban J connectivity index is 2.15. The number of anilines is 1. The number of carbonyl (C=O) groups is 1. The summed E-state index contributed by atoms with van der Waals surface area (Å²) < 4.78 is 0. The van der Waals surface area contributed by atoms with Crippen molar-refractivity contribution < 1.29 is 9.90 Å². The van der Waals surface area contributed by atoms with Crippen molar-refractivity contribution in [1.82, 2.24) is 4.98 Å². The van der Waals surface area contributed by atoms with Gasteiger partial charge in [0.25, 0.3) is 0 Å². The predicted octanol–water partition coefficient (Wildman–Crippen LogP) is 2.62. The van der Waals surface area contributed by atoms with Crippen molar-refractivity contribution in [3.8, 4) is 0 Å². The quantitative estimate of drug-likeness (QED) is 0.897. The van der Waals surface area contributed by atoms with Crippen LogP contribution >= 0.6 is 0 Å². The molecule has 2 aromatic rings. The van der Waals surface area contributed by atoms with Gasteiger partial charge in [0.2, 0.25) is 5.91 Å². The number of aliphatic hydroxyl groups is 1. The molecule has 0 aliphatic rings. The van der Waals surface area contributed by atoms with Crippen LogP contribution in [0.3, 0.4) is 0 Å². The molecule has 4 nitrogen and oxygen atoms in total. The van der Waals surface area contributed by atoms with Gasteiger partial charge in [0.05, 0.1) is 24.4 Å². The Bertz CT molecular complexity index is 611. The van der Waals surface area contributed by atoms with Gasteiger partial charge in [-0.3, -0.25) is 9.78 Å². The topological polar surface area (TPSA) is 62.2 Å². The van der Waals surface area contributed by atoms with E-state index in [4.69, 9.17) is 0 Å². The maximum Gasteiger partial charge on any atom is 0.231 e. The van der Waals surface area contributed by atoms with Crippen LogP contribution in [0.5, 0.6) is 0 Å². The Kier molecular flexibility index (Phi) is 4.48. The molecule has 1 heterocycles.